The summed E-state index contributed by atoms with van der Waals surface area (Å²) in [5.41, 5.74) is -0.215. The highest BCUT2D eigenvalue weighted by Gasteiger charge is 2.40. The molecule has 0 radical (unpaired) electrons. The molecule has 0 saturated carbocycles. The SMILES string of the molecule is CCC1(C)NC(=O)CCN(c2ccc(I)cc2Cl)C1=O. The van der Waals surface area contributed by atoms with Crippen LogP contribution in [-0.4, -0.2) is 23.9 Å². The molecule has 1 aromatic rings. The van der Waals surface area contributed by atoms with Gasteiger partial charge in [-0.3, -0.25) is 9.59 Å². The Morgan fingerprint density at radius 1 is 1.45 bits per heavy atom. The quantitative estimate of drug-likeness (QED) is 0.768. The molecule has 0 spiro atoms. The van der Waals surface area contributed by atoms with Gasteiger partial charge in [0.05, 0.1) is 10.7 Å². The summed E-state index contributed by atoms with van der Waals surface area (Å²) in [7, 11) is 0. The Kier molecular flexibility index (Phi) is 4.59. The summed E-state index contributed by atoms with van der Waals surface area (Å²) in [6.07, 6.45) is 0.819. The van der Waals surface area contributed by atoms with Crippen molar-refractivity contribution in [1.29, 1.82) is 0 Å². The average Bonchev–Trinajstić information content (AvgIpc) is 2.50. The number of amides is 2. The predicted molar refractivity (Wildman–Crippen MR) is 88.0 cm³/mol. The Morgan fingerprint density at radius 2 is 2.15 bits per heavy atom. The highest BCUT2D eigenvalue weighted by molar-refractivity contribution is 14.1. The second-order valence-electron chi connectivity index (χ2n) is 5.04. The minimum atomic E-state index is -0.875. The molecule has 0 aromatic heterocycles. The lowest BCUT2D eigenvalue weighted by molar-refractivity contribution is -0.129. The highest BCUT2D eigenvalue weighted by atomic mass is 127. The molecule has 2 rings (SSSR count). The van der Waals surface area contributed by atoms with E-state index in [2.05, 4.69) is 27.9 Å². The first-order chi connectivity index (χ1) is 9.37. The topological polar surface area (TPSA) is 49.4 Å². The van der Waals surface area contributed by atoms with Crippen molar-refractivity contribution in [2.45, 2.75) is 32.2 Å². The van der Waals surface area contributed by atoms with Gasteiger partial charge in [0, 0.05) is 16.5 Å². The molecule has 1 saturated heterocycles. The lowest BCUT2D eigenvalue weighted by Gasteiger charge is -2.31. The maximum Gasteiger partial charge on any atom is 0.252 e. The van der Waals surface area contributed by atoms with Crippen LogP contribution in [0.3, 0.4) is 0 Å². The van der Waals surface area contributed by atoms with E-state index in [0.717, 1.165) is 3.57 Å². The predicted octanol–water partition coefficient (Wildman–Crippen LogP) is 2.97. The largest absolute Gasteiger partial charge is 0.342 e. The molecule has 1 atom stereocenters. The Hall–Kier alpha value is -0.820. The summed E-state index contributed by atoms with van der Waals surface area (Å²) < 4.78 is 1.01. The fourth-order valence-corrected chi connectivity index (χ4v) is 3.16. The number of rotatable bonds is 2. The molecule has 1 aliphatic rings. The van der Waals surface area contributed by atoms with E-state index >= 15 is 0 Å². The zero-order chi connectivity index (χ0) is 14.9. The van der Waals surface area contributed by atoms with Gasteiger partial charge in [0.15, 0.2) is 0 Å². The fourth-order valence-electron chi connectivity index (χ4n) is 2.21. The minimum Gasteiger partial charge on any atom is -0.342 e. The number of hydrogen-bond acceptors (Lipinski definition) is 2. The van der Waals surface area contributed by atoms with E-state index in [-0.39, 0.29) is 18.2 Å². The van der Waals surface area contributed by atoms with Gasteiger partial charge < -0.3 is 10.2 Å². The molecule has 0 aliphatic carbocycles. The number of hydrogen-bond donors (Lipinski definition) is 1. The van der Waals surface area contributed by atoms with Crippen molar-refractivity contribution in [3.05, 3.63) is 26.8 Å². The monoisotopic (exact) mass is 406 g/mol. The van der Waals surface area contributed by atoms with E-state index in [1.165, 1.54) is 0 Å². The molecule has 1 N–H and O–H groups in total. The number of nitrogens with one attached hydrogen (secondary N) is 1. The summed E-state index contributed by atoms with van der Waals surface area (Å²) in [5, 5.41) is 3.34. The molecule has 4 nitrogen and oxygen atoms in total. The van der Waals surface area contributed by atoms with Crippen LogP contribution in [-0.2, 0) is 9.59 Å². The van der Waals surface area contributed by atoms with E-state index < -0.39 is 5.54 Å². The lowest BCUT2D eigenvalue weighted by Crippen LogP contribution is -2.54. The number of carbonyl (C=O) groups excluding carboxylic acids is 2. The first-order valence-corrected chi connectivity index (χ1v) is 7.91. The van der Waals surface area contributed by atoms with Crippen LogP contribution >= 0.6 is 34.2 Å². The number of nitrogens with zero attached hydrogens (tertiary/aromatic N) is 1. The van der Waals surface area contributed by atoms with Crippen molar-refractivity contribution in [3.63, 3.8) is 0 Å². The molecule has 20 heavy (non-hydrogen) atoms. The van der Waals surface area contributed by atoms with Gasteiger partial charge >= 0.3 is 0 Å². The Morgan fingerprint density at radius 3 is 2.75 bits per heavy atom. The van der Waals surface area contributed by atoms with Gasteiger partial charge in [-0.2, -0.15) is 0 Å². The summed E-state index contributed by atoms with van der Waals surface area (Å²) in [5.74, 6) is -0.221. The summed E-state index contributed by atoms with van der Waals surface area (Å²) >= 11 is 8.42. The summed E-state index contributed by atoms with van der Waals surface area (Å²) in [4.78, 5) is 26.1. The van der Waals surface area contributed by atoms with Crippen LogP contribution in [0, 0.1) is 3.57 Å². The molecule has 1 unspecified atom stereocenters. The first kappa shape index (κ1) is 15.6. The molecule has 108 valence electrons. The van der Waals surface area contributed by atoms with Gasteiger partial charge in [0.2, 0.25) is 5.91 Å². The smallest absolute Gasteiger partial charge is 0.252 e. The van der Waals surface area contributed by atoms with Gasteiger partial charge in [-0.25, -0.2) is 0 Å². The molecule has 2 amide bonds. The zero-order valence-corrected chi connectivity index (χ0v) is 14.3. The van der Waals surface area contributed by atoms with Gasteiger partial charge in [0.25, 0.3) is 5.91 Å². The van der Waals surface area contributed by atoms with Crippen LogP contribution in [0.2, 0.25) is 5.02 Å². The van der Waals surface area contributed by atoms with E-state index in [1.807, 2.05) is 25.1 Å². The molecule has 1 aliphatic heterocycles. The molecular formula is C14H16ClIN2O2. The van der Waals surface area contributed by atoms with Crippen LogP contribution in [0.1, 0.15) is 26.7 Å². The zero-order valence-electron chi connectivity index (χ0n) is 11.4. The molecule has 6 heteroatoms. The van der Waals surface area contributed by atoms with Crippen molar-refractivity contribution < 1.29 is 9.59 Å². The standard InChI is InChI=1S/C14H16ClIN2O2/c1-3-14(2)13(20)18(7-6-12(19)17-14)11-5-4-9(16)8-10(11)15/h4-5,8H,3,6-7H2,1-2H3,(H,17,19). The van der Waals surface area contributed by atoms with Gasteiger partial charge in [0.1, 0.15) is 5.54 Å². The fraction of sp³-hybridized carbons (Fsp3) is 0.429. The van der Waals surface area contributed by atoms with Gasteiger partial charge in [-0.1, -0.05) is 18.5 Å². The second-order valence-corrected chi connectivity index (χ2v) is 6.69. The Labute approximate surface area is 137 Å². The van der Waals surface area contributed by atoms with Gasteiger partial charge in [-0.05, 0) is 54.1 Å². The first-order valence-electron chi connectivity index (χ1n) is 6.45. The van der Waals surface area contributed by atoms with Gasteiger partial charge in [-0.15, -0.1) is 0 Å². The number of halogens is 2. The van der Waals surface area contributed by atoms with Crippen LogP contribution in [0.25, 0.3) is 0 Å². The maximum absolute atomic E-state index is 12.7. The molecule has 1 heterocycles. The van der Waals surface area contributed by atoms with Crippen LogP contribution in [0.5, 0.6) is 0 Å². The second kappa shape index (κ2) is 5.89. The van der Waals surface area contributed by atoms with E-state index in [1.54, 1.807) is 11.8 Å². The summed E-state index contributed by atoms with van der Waals surface area (Å²) in [6, 6.07) is 5.54. The van der Waals surface area contributed by atoms with Crippen molar-refractivity contribution in [2.24, 2.45) is 0 Å². The van der Waals surface area contributed by atoms with E-state index in [9.17, 15) is 9.59 Å². The van der Waals surface area contributed by atoms with Crippen molar-refractivity contribution >= 4 is 51.7 Å². The third-order valence-electron chi connectivity index (χ3n) is 3.60. The summed E-state index contributed by atoms with van der Waals surface area (Å²) in [6.45, 7) is 3.99. The number of benzene rings is 1. The molecular weight excluding hydrogens is 391 g/mol. The van der Waals surface area contributed by atoms with E-state index in [0.29, 0.717) is 23.7 Å². The normalized spacial score (nSPS) is 23.5. The van der Waals surface area contributed by atoms with Crippen LogP contribution in [0.4, 0.5) is 5.69 Å². The Balaban J connectivity index is 2.44. The highest BCUT2D eigenvalue weighted by Crippen LogP contribution is 2.31. The third kappa shape index (κ3) is 2.93. The van der Waals surface area contributed by atoms with Crippen molar-refractivity contribution in [2.75, 3.05) is 11.4 Å². The lowest BCUT2D eigenvalue weighted by atomic mass is 9.97. The van der Waals surface area contributed by atoms with Crippen LogP contribution < -0.4 is 10.2 Å². The molecule has 1 aromatic carbocycles. The number of anilines is 1. The van der Waals surface area contributed by atoms with Crippen molar-refractivity contribution in [3.8, 4) is 0 Å². The van der Waals surface area contributed by atoms with Crippen molar-refractivity contribution in [1.82, 2.24) is 5.32 Å². The van der Waals surface area contributed by atoms with Crippen LogP contribution in [0.15, 0.2) is 18.2 Å². The average molecular weight is 407 g/mol. The van der Waals surface area contributed by atoms with E-state index in [4.69, 9.17) is 11.6 Å². The minimum absolute atomic E-state index is 0.105. The molecule has 1 fully saturated rings. The maximum atomic E-state index is 12.7. The Bertz CT molecular complexity index is 564. The number of carbonyl (C=O) groups is 2. The molecule has 0 bridgehead atoms. The third-order valence-corrected chi connectivity index (χ3v) is 4.58.